The molecule has 0 aliphatic rings. The number of carboxylic acid groups (broad SMARTS) is 1. The molecule has 0 heterocycles. The third kappa shape index (κ3) is 4.06. The van der Waals surface area contributed by atoms with Crippen LogP contribution in [0.25, 0.3) is 0 Å². The molecule has 0 spiro atoms. The fourth-order valence-corrected chi connectivity index (χ4v) is 1.37. The number of phenols is 1. The first kappa shape index (κ1) is 14.0. The van der Waals surface area contributed by atoms with Gasteiger partial charge in [0, 0.05) is 24.2 Å². The number of aromatic hydroxyl groups is 1. The van der Waals surface area contributed by atoms with E-state index in [1.165, 1.54) is 18.2 Å². The summed E-state index contributed by atoms with van der Waals surface area (Å²) in [5.74, 6) is -1.83. The van der Waals surface area contributed by atoms with E-state index >= 15 is 0 Å². The van der Waals surface area contributed by atoms with E-state index in [0.717, 1.165) is 0 Å². The van der Waals surface area contributed by atoms with E-state index in [9.17, 15) is 14.7 Å². The van der Waals surface area contributed by atoms with Gasteiger partial charge in [0.05, 0.1) is 0 Å². The zero-order valence-electron chi connectivity index (χ0n) is 10.0. The lowest BCUT2D eigenvalue weighted by Crippen LogP contribution is -2.19. The predicted molar refractivity (Wildman–Crippen MR) is 66.6 cm³/mol. The molecular formula is C12H16N2O4. The van der Waals surface area contributed by atoms with Crippen LogP contribution in [0.4, 0.5) is 5.69 Å². The Morgan fingerprint density at radius 2 is 2.11 bits per heavy atom. The number of carboxylic acids is 1. The second-order valence-corrected chi connectivity index (χ2v) is 4.10. The van der Waals surface area contributed by atoms with Crippen LogP contribution in [0.2, 0.25) is 0 Å². The van der Waals surface area contributed by atoms with Crippen LogP contribution in [0.1, 0.15) is 30.1 Å². The van der Waals surface area contributed by atoms with Gasteiger partial charge < -0.3 is 21.3 Å². The summed E-state index contributed by atoms with van der Waals surface area (Å²) in [6.45, 7) is 1.81. The molecule has 0 aliphatic carbocycles. The molecule has 1 unspecified atom stereocenters. The number of anilines is 1. The van der Waals surface area contributed by atoms with Crippen LogP contribution in [-0.4, -0.2) is 28.1 Å². The molecule has 1 aromatic rings. The summed E-state index contributed by atoms with van der Waals surface area (Å²) in [6, 6.07) is 3.80. The average molecular weight is 252 g/mol. The van der Waals surface area contributed by atoms with Gasteiger partial charge in [-0.15, -0.1) is 0 Å². The van der Waals surface area contributed by atoms with Gasteiger partial charge in [-0.3, -0.25) is 4.79 Å². The smallest absolute Gasteiger partial charge is 0.339 e. The van der Waals surface area contributed by atoms with E-state index < -0.39 is 5.97 Å². The van der Waals surface area contributed by atoms with Crippen molar-refractivity contribution < 1.29 is 19.8 Å². The monoisotopic (exact) mass is 252 g/mol. The lowest BCUT2D eigenvalue weighted by molar-refractivity contribution is -0.116. The van der Waals surface area contributed by atoms with Gasteiger partial charge in [-0.05, 0) is 25.5 Å². The Morgan fingerprint density at radius 1 is 1.44 bits per heavy atom. The molecule has 1 aromatic carbocycles. The molecule has 6 nitrogen and oxygen atoms in total. The number of hydrogen-bond donors (Lipinski definition) is 4. The van der Waals surface area contributed by atoms with Gasteiger partial charge in [0.2, 0.25) is 5.91 Å². The first-order valence-electron chi connectivity index (χ1n) is 5.52. The van der Waals surface area contributed by atoms with Crippen molar-refractivity contribution in [1.82, 2.24) is 0 Å². The topological polar surface area (TPSA) is 113 Å². The molecule has 18 heavy (non-hydrogen) atoms. The highest BCUT2D eigenvalue weighted by molar-refractivity contribution is 5.94. The lowest BCUT2D eigenvalue weighted by Gasteiger charge is -2.08. The van der Waals surface area contributed by atoms with Crippen LogP contribution in [0.3, 0.4) is 0 Å². The molecule has 1 atom stereocenters. The molecule has 0 saturated heterocycles. The number of benzene rings is 1. The van der Waals surface area contributed by atoms with Crippen LogP contribution < -0.4 is 11.1 Å². The zero-order valence-corrected chi connectivity index (χ0v) is 10.0. The van der Waals surface area contributed by atoms with Gasteiger partial charge >= 0.3 is 5.97 Å². The Bertz CT molecular complexity index is 457. The standard InChI is InChI=1S/C12H16N2O4/c1-7(13)2-5-11(16)14-8-3-4-9(12(17)18)10(15)6-8/h3-4,6-7,15H,2,5,13H2,1H3,(H,14,16)(H,17,18). The maximum Gasteiger partial charge on any atom is 0.339 e. The van der Waals surface area contributed by atoms with Crippen molar-refractivity contribution >= 4 is 17.6 Å². The summed E-state index contributed by atoms with van der Waals surface area (Å²) in [7, 11) is 0. The maximum atomic E-state index is 11.5. The first-order chi connectivity index (χ1) is 8.40. The molecule has 0 radical (unpaired) electrons. The summed E-state index contributed by atoms with van der Waals surface area (Å²) in [4.78, 5) is 22.2. The molecular weight excluding hydrogens is 236 g/mol. The van der Waals surface area contributed by atoms with Crippen LogP contribution in [-0.2, 0) is 4.79 Å². The van der Waals surface area contributed by atoms with E-state index in [4.69, 9.17) is 10.8 Å². The Kier molecular flexibility index (Phi) is 4.67. The SMILES string of the molecule is CC(N)CCC(=O)Nc1ccc(C(=O)O)c(O)c1. The average Bonchev–Trinajstić information content (AvgIpc) is 2.26. The minimum Gasteiger partial charge on any atom is -0.507 e. The van der Waals surface area contributed by atoms with Gasteiger partial charge in [-0.25, -0.2) is 4.79 Å². The van der Waals surface area contributed by atoms with Gasteiger partial charge in [0.15, 0.2) is 0 Å². The Balaban J connectivity index is 2.66. The van der Waals surface area contributed by atoms with Crippen molar-refractivity contribution in [2.75, 3.05) is 5.32 Å². The fraction of sp³-hybridized carbons (Fsp3) is 0.333. The number of nitrogens with two attached hydrogens (primary N) is 1. The molecule has 0 aromatic heterocycles. The number of rotatable bonds is 5. The van der Waals surface area contributed by atoms with Crippen molar-refractivity contribution in [2.45, 2.75) is 25.8 Å². The minimum atomic E-state index is -1.22. The highest BCUT2D eigenvalue weighted by atomic mass is 16.4. The van der Waals surface area contributed by atoms with E-state index in [-0.39, 0.29) is 29.7 Å². The van der Waals surface area contributed by atoms with Crippen molar-refractivity contribution in [3.8, 4) is 5.75 Å². The number of hydrogen-bond acceptors (Lipinski definition) is 4. The largest absolute Gasteiger partial charge is 0.507 e. The van der Waals surface area contributed by atoms with E-state index in [0.29, 0.717) is 12.1 Å². The summed E-state index contributed by atoms with van der Waals surface area (Å²) < 4.78 is 0. The fourth-order valence-electron chi connectivity index (χ4n) is 1.37. The van der Waals surface area contributed by atoms with Crippen molar-refractivity contribution in [2.24, 2.45) is 5.73 Å². The molecule has 0 aliphatic heterocycles. The lowest BCUT2D eigenvalue weighted by atomic mass is 10.1. The summed E-state index contributed by atoms with van der Waals surface area (Å²) in [5, 5.41) is 20.7. The Labute approximate surface area is 104 Å². The van der Waals surface area contributed by atoms with Crippen LogP contribution >= 0.6 is 0 Å². The van der Waals surface area contributed by atoms with Crippen LogP contribution in [0.15, 0.2) is 18.2 Å². The highest BCUT2D eigenvalue weighted by Crippen LogP contribution is 2.22. The van der Waals surface area contributed by atoms with Crippen LogP contribution in [0.5, 0.6) is 5.75 Å². The molecule has 98 valence electrons. The van der Waals surface area contributed by atoms with Gasteiger partial charge in [0.25, 0.3) is 0 Å². The second-order valence-electron chi connectivity index (χ2n) is 4.10. The second kappa shape index (κ2) is 6.02. The van der Waals surface area contributed by atoms with Gasteiger partial charge in [0.1, 0.15) is 11.3 Å². The number of amides is 1. The Hall–Kier alpha value is -2.08. The summed E-state index contributed by atoms with van der Waals surface area (Å²) in [5.41, 5.74) is 5.67. The molecule has 0 bridgehead atoms. The molecule has 5 N–H and O–H groups in total. The van der Waals surface area contributed by atoms with Crippen LogP contribution in [0, 0.1) is 0 Å². The number of carbonyl (C=O) groups excluding carboxylic acids is 1. The maximum absolute atomic E-state index is 11.5. The Morgan fingerprint density at radius 3 is 2.61 bits per heavy atom. The normalized spacial score (nSPS) is 11.9. The van der Waals surface area contributed by atoms with Crippen molar-refractivity contribution in [3.63, 3.8) is 0 Å². The predicted octanol–water partition coefficient (Wildman–Crippen LogP) is 1.16. The molecule has 1 rings (SSSR count). The third-order valence-corrected chi connectivity index (χ3v) is 2.34. The first-order valence-corrected chi connectivity index (χ1v) is 5.52. The van der Waals surface area contributed by atoms with E-state index in [2.05, 4.69) is 5.32 Å². The van der Waals surface area contributed by atoms with E-state index in [1.807, 2.05) is 0 Å². The minimum absolute atomic E-state index is 0.0569. The number of carbonyl (C=O) groups is 2. The molecule has 6 heteroatoms. The molecule has 1 amide bonds. The quantitative estimate of drug-likeness (QED) is 0.628. The number of aromatic carboxylic acids is 1. The van der Waals surface area contributed by atoms with E-state index in [1.54, 1.807) is 6.92 Å². The van der Waals surface area contributed by atoms with Gasteiger partial charge in [-0.1, -0.05) is 0 Å². The van der Waals surface area contributed by atoms with Gasteiger partial charge in [-0.2, -0.15) is 0 Å². The highest BCUT2D eigenvalue weighted by Gasteiger charge is 2.11. The summed E-state index contributed by atoms with van der Waals surface area (Å²) >= 11 is 0. The third-order valence-electron chi connectivity index (χ3n) is 2.34. The van der Waals surface area contributed by atoms with Crippen molar-refractivity contribution in [1.29, 1.82) is 0 Å². The zero-order chi connectivity index (χ0) is 13.7. The molecule has 0 fully saturated rings. The molecule has 0 saturated carbocycles. The number of nitrogens with one attached hydrogen (secondary N) is 1. The van der Waals surface area contributed by atoms with Crippen molar-refractivity contribution in [3.05, 3.63) is 23.8 Å². The summed E-state index contributed by atoms with van der Waals surface area (Å²) in [6.07, 6.45) is 0.837.